The summed E-state index contributed by atoms with van der Waals surface area (Å²) in [5.41, 5.74) is 1.17. The molecule has 2 rings (SSSR count). The van der Waals surface area contributed by atoms with Crippen molar-refractivity contribution in [1.82, 2.24) is 0 Å². The van der Waals surface area contributed by atoms with Crippen LogP contribution in [0.2, 0.25) is 0 Å². The summed E-state index contributed by atoms with van der Waals surface area (Å²) in [4.78, 5) is 25.4. The average Bonchev–Trinajstić information content (AvgIpc) is 2.89. The fraction of sp³-hybridized carbons (Fsp3) is 0.467. The monoisotopic (exact) mass is 304 g/mol. The molecule has 0 bridgehead atoms. The highest BCUT2D eigenvalue weighted by Crippen LogP contribution is 2.30. The molecule has 5 nitrogen and oxygen atoms in total. The summed E-state index contributed by atoms with van der Waals surface area (Å²) in [6, 6.07) is 3.58. The fourth-order valence-electron chi connectivity index (χ4n) is 2.29. The Kier molecular flexibility index (Phi) is 4.86. The molecule has 1 atom stereocenters. The van der Waals surface area contributed by atoms with Crippen LogP contribution in [0.25, 0.3) is 0 Å². The van der Waals surface area contributed by atoms with Crippen LogP contribution < -0.4 is 0 Å². The predicted molar refractivity (Wildman–Crippen MR) is 78.8 cm³/mol. The number of aryl methyl sites for hydroxylation is 2. The number of nitrogens with one attached hydrogen (secondary N) is 1. The minimum atomic E-state index is -1.13. The summed E-state index contributed by atoms with van der Waals surface area (Å²) in [6.45, 7) is 0.927. The zero-order valence-corrected chi connectivity index (χ0v) is 12.6. The molecule has 0 aromatic carbocycles. The summed E-state index contributed by atoms with van der Waals surface area (Å²) in [6.07, 6.45) is 4.26. The van der Waals surface area contributed by atoms with Crippen molar-refractivity contribution in [3.8, 4) is 6.07 Å². The van der Waals surface area contributed by atoms with E-state index in [2.05, 4.69) is 0 Å². The number of hydrogen-bond acceptors (Lipinski definition) is 6. The minimum Gasteiger partial charge on any atom is -0.453 e. The molecular weight excluding hydrogens is 288 g/mol. The van der Waals surface area contributed by atoms with Gasteiger partial charge in [-0.15, -0.1) is 11.3 Å². The number of carbonyl (C=O) groups excluding carboxylic acids is 2. The standard InChI is InChI=1S/C15H16N2O3S/c1-9(17)11(7-16)12(18)8-20-15(19)14-6-10-4-2-3-5-13(10)21-14/h6,11,17H,2-5,8H2,1H3. The van der Waals surface area contributed by atoms with E-state index < -0.39 is 24.3 Å². The van der Waals surface area contributed by atoms with Gasteiger partial charge in [0.05, 0.1) is 6.07 Å². The van der Waals surface area contributed by atoms with Crippen LogP contribution in [-0.4, -0.2) is 24.1 Å². The van der Waals surface area contributed by atoms with Crippen LogP contribution in [0.3, 0.4) is 0 Å². The van der Waals surface area contributed by atoms with E-state index in [9.17, 15) is 9.59 Å². The maximum Gasteiger partial charge on any atom is 0.348 e. The number of nitriles is 1. The highest BCUT2D eigenvalue weighted by Gasteiger charge is 2.23. The van der Waals surface area contributed by atoms with Crippen LogP contribution in [0.1, 0.15) is 39.9 Å². The second-order valence-electron chi connectivity index (χ2n) is 5.05. The molecule has 0 saturated heterocycles. The molecule has 0 amide bonds. The summed E-state index contributed by atoms with van der Waals surface area (Å²) in [5.74, 6) is -2.21. The number of carbonyl (C=O) groups is 2. The molecule has 1 aliphatic carbocycles. The highest BCUT2D eigenvalue weighted by atomic mass is 32.1. The second-order valence-corrected chi connectivity index (χ2v) is 6.19. The van der Waals surface area contributed by atoms with Crippen LogP contribution in [-0.2, 0) is 22.4 Å². The topological polar surface area (TPSA) is 91.0 Å². The molecule has 0 saturated carbocycles. The van der Waals surface area contributed by atoms with E-state index in [1.807, 2.05) is 6.07 Å². The third kappa shape index (κ3) is 3.56. The summed E-state index contributed by atoms with van der Waals surface area (Å²) < 4.78 is 4.97. The predicted octanol–water partition coefficient (Wildman–Crippen LogP) is 2.53. The molecule has 1 N–H and O–H groups in total. The van der Waals surface area contributed by atoms with Gasteiger partial charge in [-0.2, -0.15) is 5.26 Å². The van der Waals surface area contributed by atoms with E-state index in [0.717, 1.165) is 25.7 Å². The lowest BCUT2D eigenvalue weighted by Crippen LogP contribution is -2.25. The summed E-state index contributed by atoms with van der Waals surface area (Å²) >= 11 is 1.42. The van der Waals surface area contributed by atoms with Gasteiger partial charge in [-0.1, -0.05) is 0 Å². The lowest BCUT2D eigenvalue weighted by Gasteiger charge is -2.08. The molecule has 0 fully saturated rings. The number of ether oxygens (including phenoxy) is 1. The molecule has 110 valence electrons. The van der Waals surface area contributed by atoms with Gasteiger partial charge in [0, 0.05) is 10.6 Å². The van der Waals surface area contributed by atoms with E-state index in [1.165, 1.54) is 28.7 Å². The maximum absolute atomic E-state index is 11.9. The minimum absolute atomic E-state index is 0.0369. The van der Waals surface area contributed by atoms with Gasteiger partial charge >= 0.3 is 5.97 Å². The number of ketones is 1. The highest BCUT2D eigenvalue weighted by molar-refractivity contribution is 7.14. The van der Waals surface area contributed by atoms with Gasteiger partial charge in [0.15, 0.2) is 12.4 Å². The Labute approximate surface area is 127 Å². The summed E-state index contributed by atoms with van der Waals surface area (Å²) in [5, 5.41) is 16.1. The average molecular weight is 304 g/mol. The van der Waals surface area contributed by atoms with Crippen molar-refractivity contribution in [3.05, 3.63) is 21.4 Å². The number of rotatable bonds is 5. The quantitative estimate of drug-likeness (QED) is 0.668. The van der Waals surface area contributed by atoms with Gasteiger partial charge in [0.1, 0.15) is 10.8 Å². The number of fused-ring (bicyclic) bond motifs is 1. The Balaban J connectivity index is 1.96. The zero-order valence-electron chi connectivity index (χ0n) is 11.8. The molecule has 0 radical (unpaired) electrons. The first-order valence-corrected chi connectivity index (χ1v) is 7.60. The van der Waals surface area contributed by atoms with Crippen LogP contribution in [0.15, 0.2) is 6.07 Å². The molecule has 1 unspecified atom stereocenters. The van der Waals surface area contributed by atoms with Crippen molar-refractivity contribution in [2.45, 2.75) is 32.6 Å². The van der Waals surface area contributed by atoms with E-state index >= 15 is 0 Å². The maximum atomic E-state index is 11.9. The SMILES string of the molecule is CC(=N)C(C#N)C(=O)COC(=O)c1cc2c(s1)CCCC2. The van der Waals surface area contributed by atoms with Gasteiger partial charge < -0.3 is 10.1 Å². The van der Waals surface area contributed by atoms with Gasteiger partial charge in [0.25, 0.3) is 0 Å². The van der Waals surface area contributed by atoms with Crippen LogP contribution in [0, 0.1) is 22.7 Å². The summed E-state index contributed by atoms with van der Waals surface area (Å²) in [7, 11) is 0. The normalized spacial score (nSPS) is 14.7. The van der Waals surface area contributed by atoms with Crippen LogP contribution in [0.5, 0.6) is 0 Å². The molecular formula is C15H16N2O3S. The molecule has 0 aliphatic heterocycles. The van der Waals surface area contributed by atoms with E-state index in [1.54, 1.807) is 6.07 Å². The van der Waals surface area contributed by atoms with Crippen molar-refractivity contribution in [3.63, 3.8) is 0 Å². The van der Waals surface area contributed by atoms with Gasteiger partial charge in [-0.25, -0.2) is 4.79 Å². The van der Waals surface area contributed by atoms with Gasteiger partial charge in [-0.05, 0) is 44.2 Å². The lowest BCUT2D eigenvalue weighted by atomic mass is 9.99. The number of thiophene rings is 1. The number of esters is 1. The van der Waals surface area contributed by atoms with E-state index in [-0.39, 0.29) is 5.71 Å². The van der Waals surface area contributed by atoms with Crippen molar-refractivity contribution in [2.24, 2.45) is 5.92 Å². The molecule has 21 heavy (non-hydrogen) atoms. The number of Topliss-reactive ketones (excluding diaryl/α,β-unsaturated/α-hetero) is 1. The number of hydrogen-bond donors (Lipinski definition) is 1. The Morgan fingerprint density at radius 2 is 2.19 bits per heavy atom. The fourth-order valence-corrected chi connectivity index (χ4v) is 3.44. The Hall–Kier alpha value is -2.00. The van der Waals surface area contributed by atoms with Crippen LogP contribution >= 0.6 is 11.3 Å². The van der Waals surface area contributed by atoms with Gasteiger partial charge in [-0.3, -0.25) is 4.79 Å². The van der Waals surface area contributed by atoms with Gasteiger partial charge in [0.2, 0.25) is 0 Å². The lowest BCUT2D eigenvalue weighted by molar-refractivity contribution is -0.122. The Morgan fingerprint density at radius 1 is 1.48 bits per heavy atom. The molecule has 0 spiro atoms. The first-order valence-electron chi connectivity index (χ1n) is 6.79. The van der Waals surface area contributed by atoms with E-state index in [4.69, 9.17) is 15.4 Å². The molecule has 1 aromatic rings. The van der Waals surface area contributed by atoms with Crippen molar-refractivity contribution >= 4 is 28.8 Å². The number of nitrogens with zero attached hydrogens (tertiary/aromatic N) is 1. The van der Waals surface area contributed by atoms with Crippen molar-refractivity contribution < 1.29 is 14.3 Å². The first-order chi connectivity index (χ1) is 10.0. The van der Waals surface area contributed by atoms with Crippen LogP contribution in [0.4, 0.5) is 0 Å². The smallest absolute Gasteiger partial charge is 0.348 e. The van der Waals surface area contributed by atoms with Crippen molar-refractivity contribution in [2.75, 3.05) is 6.61 Å². The third-order valence-corrected chi connectivity index (χ3v) is 4.64. The largest absolute Gasteiger partial charge is 0.453 e. The first kappa shape index (κ1) is 15.4. The molecule has 6 heteroatoms. The Morgan fingerprint density at radius 3 is 2.81 bits per heavy atom. The second kappa shape index (κ2) is 6.64. The van der Waals surface area contributed by atoms with Crippen molar-refractivity contribution in [1.29, 1.82) is 10.7 Å². The molecule has 1 heterocycles. The molecule has 1 aromatic heterocycles. The third-order valence-electron chi connectivity index (χ3n) is 3.43. The zero-order chi connectivity index (χ0) is 15.4. The Bertz CT molecular complexity index is 604. The molecule has 1 aliphatic rings. The van der Waals surface area contributed by atoms with E-state index in [0.29, 0.717) is 4.88 Å².